The van der Waals surface area contributed by atoms with E-state index < -0.39 is 0 Å². The van der Waals surface area contributed by atoms with E-state index in [-0.39, 0.29) is 5.91 Å². The minimum atomic E-state index is 0.0152. The van der Waals surface area contributed by atoms with E-state index in [1.807, 2.05) is 17.5 Å². The van der Waals surface area contributed by atoms with Crippen LogP contribution < -0.4 is 5.32 Å². The second-order valence-electron chi connectivity index (χ2n) is 3.38. The molecule has 0 aliphatic heterocycles. The Balaban J connectivity index is 1.90. The van der Waals surface area contributed by atoms with Crippen LogP contribution in [0.5, 0.6) is 0 Å². The highest BCUT2D eigenvalue weighted by Gasteiger charge is 2.06. The van der Waals surface area contributed by atoms with Gasteiger partial charge < -0.3 is 5.32 Å². The maximum absolute atomic E-state index is 11.7. The van der Waals surface area contributed by atoms with Crippen molar-refractivity contribution in [3.63, 3.8) is 0 Å². The van der Waals surface area contributed by atoms with Gasteiger partial charge in [0.1, 0.15) is 0 Å². The lowest BCUT2D eigenvalue weighted by Crippen LogP contribution is -2.21. The summed E-state index contributed by atoms with van der Waals surface area (Å²) in [5.74, 6) is 0.0152. The van der Waals surface area contributed by atoms with Crippen LogP contribution in [-0.2, 0) is 13.0 Å². The lowest BCUT2D eigenvalue weighted by atomic mass is 10.3. The van der Waals surface area contributed by atoms with Crippen molar-refractivity contribution in [2.45, 2.75) is 19.9 Å². The zero-order chi connectivity index (χ0) is 11.4. The molecule has 0 atom stereocenters. The molecule has 2 aromatic rings. The Bertz CT molecular complexity index is 459. The van der Waals surface area contributed by atoms with Crippen LogP contribution in [0.25, 0.3) is 0 Å². The van der Waals surface area contributed by atoms with Gasteiger partial charge in [-0.25, -0.2) is 0 Å². The van der Waals surface area contributed by atoms with Gasteiger partial charge in [-0.05, 0) is 30.0 Å². The van der Waals surface area contributed by atoms with Gasteiger partial charge in [0, 0.05) is 9.75 Å². The number of thiophene rings is 2. The van der Waals surface area contributed by atoms with Crippen LogP contribution in [0, 0.1) is 0 Å². The van der Waals surface area contributed by atoms with Crippen molar-refractivity contribution in [1.82, 2.24) is 5.32 Å². The molecule has 2 heterocycles. The first kappa shape index (κ1) is 11.4. The summed E-state index contributed by atoms with van der Waals surface area (Å²) in [5, 5.41) is 4.83. The van der Waals surface area contributed by atoms with Gasteiger partial charge in [0.05, 0.1) is 11.4 Å². The van der Waals surface area contributed by atoms with Crippen LogP contribution in [0.1, 0.15) is 26.3 Å². The molecule has 0 radical (unpaired) electrons. The van der Waals surface area contributed by atoms with Gasteiger partial charge in [0.2, 0.25) is 0 Å². The average molecular weight is 251 g/mol. The number of hydrogen-bond acceptors (Lipinski definition) is 3. The summed E-state index contributed by atoms with van der Waals surface area (Å²) in [7, 11) is 0. The van der Waals surface area contributed by atoms with Gasteiger partial charge in [-0.15, -0.1) is 22.7 Å². The van der Waals surface area contributed by atoms with Crippen molar-refractivity contribution in [2.75, 3.05) is 0 Å². The van der Waals surface area contributed by atoms with Crippen LogP contribution in [0.2, 0.25) is 0 Å². The molecule has 4 heteroatoms. The summed E-state index contributed by atoms with van der Waals surface area (Å²) in [6.45, 7) is 2.77. The molecular formula is C12H13NOS2. The predicted molar refractivity (Wildman–Crippen MR) is 69.2 cm³/mol. The fraction of sp³-hybridized carbons (Fsp3) is 0.250. The van der Waals surface area contributed by atoms with Crippen molar-refractivity contribution >= 4 is 28.6 Å². The average Bonchev–Trinajstić information content (AvgIpc) is 2.96. The van der Waals surface area contributed by atoms with Crippen LogP contribution in [0.4, 0.5) is 0 Å². The smallest absolute Gasteiger partial charge is 0.261 e. The number of rotatable bonds is 4. The second-order valence-corrected chi connectivity index (χ2v) is 5.58. The lowest BCUT2D eigenvalue weighted by Gasteiger charge is -2.00. The summed E-state index contributed by atoms with van der Waals surface area (Å²) in [6.07, 6.45) is 1.06. The Labute approximate surface area is 103 Å². The van der Waals surface area contributed by atoms with E-state index in [2.05, 4.69) is 24.4 Å². The fourth-order valence-corrected chi connectivity index (χ4v) is 2.91. The second kappa shape index (κ2) is 5.27. The van der Waals surface area contributed by atoms with Crippen LogP contribution in [-0.4, -0.2) is 5.91 Å². The van der Waals surface area contributed by atoms with Gasteiger partial charge in [-0.1, -0.05) is 13.0 Å². The van der Waals surface area contributed by atoms with E-state index in [1.54, 1.807) is 11.3 Å². The summed E-state index contributed by atoms with van der Waals surface area (Å²) in [6, 6.07) is 7.93. The van der Waals surface area contributed by atoms with Gasteiger partial charge in [-0.2, -0.15) is 0 Å². The molecule has 0 aliphatic carbocycles. The molecule has 0 aliphatic rings. The van der Waals surface area contributed by atoms with E-state index in [0.717, 1.165) is 11.3 Å². The topological polar surface area (TPSA) is 29.1 Å². The lowest BCUT2D eigenvalue weighted by molar-refractivity contribution is 0.0955. The van der Waals surface area contributed by atoms with Crippen molar-refractivity contribution in [3.05, 3.63) is 44.3 Å². The Morgan fingerprint density at radius 1 is 1.31 bits per heavy atom. The Kier molecular flexibility index (Phi) is 3.74. The number of aryl methyl sites for hydroxylation is 1. The van der Waals surface area contributed by atoms with E-state index in [1.165, 1.54) is 21.1 Å². The highest BCUT2D eigenvalue weighted by Crippen LogP contribution is 2.17. The molecule has 2 nitrogen and oxygen atoms in total. The molecular weight excluding hydrogens is 238 g/mol. The molecule has 2 aromatic heterocycles. The zero-order valence-electron chi connectivity index (χ0n) is 9.03. The highest BCUT2D eigenvalue weighted by atomic mass is 32.1. The molecule has 0 fully saturated rings. The summed E-state index contributed by atoms with van der Waals surface area (Å²) in [4.78, 5) is 15.0. The molecule has 0 unspecified atom stereocenters. The Morgan fingerprint density at radius 2 is 2.12 bits per heavy atom. The molecule has 16 heavy (non-hydrogen) atoms. The SMILES string of the molecule is CCc1ccc(CNC(=O)c2cccs2)s1. The van der Waals surface area contributed by atoms with Gasteiger partial charge in [0.15, 0.2) is 0 Å². The third-order valence-corrected chi connectivity index (χ3v) is 4.33. The zero-order valence-corrected chi connectivity index (χ0v) is 10.7. The largest absolute Gasteiger partial charge is 0.346 e. The maximum atomic E-state index is 11.7. The van der Waals surface area contributed by atoms with Crippen LogP contribution >= 0.6 is 22.7 Å². The van der Waals surface area contributed by atoms with Crippen LogP contribution in [0.15, 0.2) is 29.6 Å². The first-order chi connectivity index (χ1) is 7.79. The van der Waals surface area contributed by atoms with E-state index >= 15 is 0 Å². The van der Waals surface area contributed by atoms with E-state index in [4.69, 9.17) is 0 Å². The summed E-state index contributed by atoms with van der Waals surface area (Å²) >= 11 is 3.23. The standard InChI is InChI=1S/C12H13NOS2/c1-2-9-5-6-10(16-9)8-13-12(14)11-4-3-7-15-11/h3-7H,2,8H2,1H3,(H,13,14). The molecule has 0 aromatic carbocycles. The van der Waals surface area contributed by atoms with Gasteiger partial charge in [-0.3, -0.25) is 4.79 Å². The molecule has 0 spiro atoms. The Hall–Kier alpha value is -1.13. The van der Waals surface area contributed by atoms with Crippen LogP contribution in [0.3, 0.4) is 0 Å². The fourth-order valence-electron chi connectivity index (χ4n) is 1.37. The molecule has 2 rings (SSSR count). The third-order valence-electron chi connectivity index (χ3n) is 2.23. The quantitative estimate of drug-likeness (QED) is 0.887. The molecule has 0 saturated carbocycles. The first-order valence-corrected chi connectivity index (χ1v) is 6.88. The van der Waals surface area contributed by atoms with Gasteiger partial charge in [0.25, 0.3) is 5.91 Å². The van der Waals surface area contributed by atoms with Crippen molar-refractivity contribution in [3.8, 4) is 0 Å². The molecule has 0 saturated heterocycles. The molecule has 84 valence electrons. The maximum Gasteiger partial charge on any atom is 0.261 e. The number of amides is 1. The van der Waals surface area contributed by atoms with Gasteiger partial charge >= 0.3 is 0 Å². The molecule has 1 N–H and O–H groups in total. The van der Waals surface area contributed by atoms with E-state index in [9.17, 15) is 4.79 Å². The van der Waals surface area contributed by atoms with Crippen molar-refractivity contribution < 1.29 is 4.79 Å². The first-order valence-electron chi connectivity index (χ1n) is 5.19. The monoisotopic (exact) mass is 251 g/mol. The molecule has 0 bridgehead atoms. The minimum Gasteiger partial charge on any atom is -0.346 e. The number of carbonyl (C=O) groups is 1. The highest BCUT2D eigenvalue weighted by molar-refractivity contribution is 7.12. The number of nitrogens with one attached hydrogen (secondary N) is 1. The normalized spacial score (nSPS) is 10.3. The summed E-state index contributed by atoms with van der Waals surface area (Å²) in [5.41, 5.74) is 0. The Morgan fingerprint density at radius 3 is 2.75 bits per heavy atom. The number of hydrogen-bond donors (Lipinski definition) is 1. The van der Waals surface area contributed by atoms with Crippen molar-refractivity contribution in [1.29, 1.82) is 0 Å². The summed E-state index contributed by atoms with van der Waals surface area (Å²) < 4.78 is 0. The molecule has 1 amide bonds. The third kappa shape index (κ3) is 2.71. The van der Waals surface area contributed by atoms with E-state index in [0.29, 0.717) is 6.54 Å². The van der Waals surface area contributed by atoms with Crippen molar-refractivity contribution in [2.24, 2.45) is 0 Å². The minimum absolute atomic E-state index is 0.0152. The predicted octanol–water partition coefficient (Wildman–Crippen LogP) is 3.30. The number of carbonyl (C=O) groups excluding carboxylic acids is 1.